The smallest absolute Gasteiger partial charge is 0.164 e. The molecule has 0 aliphatic heterocycles. The van der Waals surface area contributed by atoms with Gasteiger partial charge in [0.2, 0.25) is 0 Å². The van der Waals surface area contributed by atoms with Crippen LogP contribution in [0.5, 0.6) is 0 Å². The molecule has 0 radical (unpaired) electrons. The number of para-hydroxylation sites is 3. The van der Waals surface area contributed by atoms with Crippen molar-refractivity contribution in [2.45, 2.75) is 57.8 Å². The van der Waals surface area contributed by atoms with Gasteiger partial charge in [0.15, 0.2) is 52.4 Å². The first-order valence-corrected chi connectivity index (χ1v) is 47.2. The molecular formula is C126H90N12. The molecule has 12 nitrogen and oxygen atoms in total. The summed E-state index contributed by atoms with van der Waals surface area (Å²) in [6.07, 6.45) is 0. The Morgan fingerprint density at radius 2 is 0.442 bits per heavy atom. The molecule has 0 bridgehead atoms. The molecule has 0 saturated carbocycles. The van der Waals surface area contributed by atoms with Crippen LogP contribution in [-0.4, -0.2) is 58.6 Å². The first-order chi connectivity index (χ1) is 67.7. The Bertz CT molecular complexity index is 8720. The fourth-order valence-corrected chi connectivity index (χ4v) is 21.6. The SMILES string of the molecule is CC1(C)c2ccccc2-c2c1ccc1c2c2ccccc2n1-c1ccc(-c2nc(-c3ccccc3)nc(-c3ccccc3)n2)cc1.CC1(C)c2ccccc2-c2c1ccc1c3ccccc3n(-c3ccc(-c4nc(-c5ccccc5)nc(-c5ccccc5)n4)cc3)c21.CC1(C)c2ccccc2-c2cc3c4ccccc4n(-c4ccc(-c5nc(-c6ccccc6)nc(-c6ccccc6)n5)cc4)c3cc21. The summed E-state index contributed by atoms with van der Waals surface area (Å²) in [5, 5.41) is 7.62. The van der Waals surface area contributed by atoms with Crippen LogP contribution in [0.4, 0.5) is 0 Å². The maximum absolute atomic E-state index is 4.95. The maximum atomic E-state index is 4.95. The van der Waals surface area contributed by atoms with E-state index in [4.69, 9.17) is 44.9 Å². The van der Waals surface area contributed by atoms with Crippen LogP contribution in [0, 0.1) is 0 Å². The first-order valence-electron chi connectivity index (χ1n) is 47.2. The maximum Gasteiger partial charge on any atom is 0.164 e. The molecule has 0 spiro atoms. The number of benzene rings is 18. The predicted molar refractivity (Wildman–Crippen MR) is 564 cm³/mol. The molecule has 12 heteroatoms. The molecule has 6 aromatic heterocycles. The van der Waals surface area contributed by atoms with Gasteiger partial charge in [0.25, 0.3) is 0 Å². The average Bonchev–Trinajstić information content (AvgIpc) is 1.54. The largest absolute Gasteiger partial charge is 0.309 e. The van der Waals surface area contributed by atoms with Gasteiger partial charge in [0, 0.05) is 121 Å². The van der Waals surface area contributed by atoms with Gasteiger partial charge in [0.05, 0.1) is 33.1 Å². The highest BCUT2D eigenvalue weighted by Crippen LogP contribution is 2.57. The van der Waals surface area contributed by atoms with Crippen LogP contribution in [0.25, 0.3) is 218 Å². The van der Waals surface area contributed by atoms with Gasteiger partial charge in [-0.25, -0.2) is 44.9 Å². The van der Waals surface area contributed by atoms with E-state index in [2.05, 4.69) is 310 Å². The summed E-state index contributed by atoms with van der Waals surface area (Å²) in [6, 6.07) is 153. The van der Waals surface area contributed by atoms with E-state index in [0.717, 1.165) is 67.1 Å². The van der Waals surface area contributed by atoms with Gasteiger partial charge in [-0.2, -0.15) is 0 Å². The Balaban J connectivity index is 0.000000110. The Kier molecular flexibility index (Phi) is 19.6. The molecule has 18 aromatic carbocycles. The Morgan fingerprint density at radius 3 is 0.841 bits per heavy atom. The van der Waals surface area contributed by atoms with Crippen LogP contribution in [-0.2, 0) is 16.2 Å². The molecule has 27 rings (SSSR count). The number of fused-ring (bicyclic) bond motifs is 20. The summed E-state index contributed by atoms with van der Waals surface area (Å²) in [5.74, 6) is 5.92. The van der Waals surface area contributed by atoms with Gasteiger partial charge in [-0.05, 0) is 170 Å². The summed E-state index contributed by atoms with van der Waals surface area (Å²) >= 11 is 0. The lowest BCUT2D eigenvalue weighted by Gasteiger charge is -2.21. The third-order valence-electron chi connectivity index (χ3n) is 28.4. The molecule has 0 amide bonds. The molecule has 654 valence electrons. The molecule has 0 unspecified atom stereocenters. The highest BCUT2D eigenvalue weighted by molar-refractivity contribution is 6.19. The lowest BCUT2D eigenvalue weighted by Crippen LogP contribution is -2.14. The molecule has 0 saturated heterocycles. The van der Waals surface area contributed by atoms with E-state index in [-0.39, 0.29) is 16.2 Å². The summed E-state index contributed by atoms with van der Waals surface area (Å²) in [6.45, 7) is 14.0. The molecular weight excluding hydrogens is 1680 g/mol. The minimum Gasteiger partial charge on any atom is -0.309 e. The monoisotopic (exact) mass is 1770 g/mol. The third kappa shape index (κ3) is 13.8. The predicted octanol–water partition coefficient (Wildman–Crippen LogP) is 30.8. The zero-order chi connectivity index (χ0) is 92.5. The van der Waals surface area contributed by atoms with Gasteiger partial charge < -0.3 is 13.7 Å². The second kappa shape index (κ2) is 32.9. The Labute approximate surface area is 799 Å². The normalized spacial score (nSPS) is 13.2. The van der Waals surface area contributed by atoms with Crippen LogP contribution >= 0.6 is 0 Å². The van der Waals surface area contributed by atoms with Crippen molar-refractivity contribution in [3.8, 4) is 153 Å². The van der Waals surface area contributed by atoms with E-state index in [9.17, 15) is 0 Å². The number of rotatable bonds is 12. The molecule has 24 aromatic rings. The number of hydrogen-bond donors (Lipinski definition) is 0. The van der Waals surface area contributed by atoms with E-state index < -0.39 is 0 Å². The van der Waals surface area contributed by atoms with Crippen molar-refractivity contribution in [2.24, 2.45) is 0 Å². The minimum atomic E-state index is -0.0726. The van der Waals surface area contributed by atoms with Gasteiger partial charge >= 0.3 is 0 Å². The molecule has 138 heavy (non-hydrogen) atoms. The topological polar surface area (TPSA) is 131 Å². The van der Waals surface area contributed by atoms with Crippen molar-refractivity contribution in [1.29, 1.82) is 0 Å². The minimum absolute atomic E-state index is 0.0489. The second-order valence-corrected chi connectivity index (χ2v) is 37.5. The van der Waals surface area contributed by atoms with Crippen molar-refractivity contribution >= 4 is 65.4 Å². The lowest BCUT2D eigenvalue weighted by molar-refractivity contribution is 0.660. The number of aromatic nitrogens is 12. The average molecular weight is 1770 g/mol. The fourth-order valence-electron chi connectivity index (χ4n) is 21.6. The Hall–Kier alpha value is -17.6. The molecule has 0 atom stereocenters. The molecule has 0 N–H and O–H groups in total. The fraction of sp³-hybridized carbons (Fsp3) is 0.0714. The van der Waals surface area contributed by atoms with Gasteiger partial charge in [0.1, 0.15) is 0 Å². The molecule has 6 heterocycles. The van der Waals surface area contributed by atoms with Crippen molar-refractivity contribution in [2.75, 3.05) is 0 Å². The molecule has 3 aliphatic rings. The highest BCUT2D eigenvalue weighted by Gasteiger charge is 2.41. The van der Waals surface area contributed by atoms with Gasteiger partial charge in [-0.3, -0.25) is 0 Å². The van der Waals surface area contributed by atoms with Gasteiger partial charge in [-0.1, -0.05) is 369 Å². The summed E-state index contributed by atoms with van der Waals surface area (Å²) in [4.78, 5) is 44.2. The zero-order valence-electron chi connectivity index (χ0n) is 76.9. The first kappa shape index (κ1) is 82.3. The van der Waals surface area contributed by atoms with Crippen LogP contribution in [0.15, 0.2) is 437 Å². The van der Waals surface area contributed by atoms with Crippen molar-refractivity contribution < 1.29 is 0 Å². The summed E-state index contributed by atoms with van der Waals surface area (Å²) < 4.78 is 7.22. The summed E-state index contributed by atoms with van der Waals surface area (Å²) in [5.41, 5.74) is 35.3. The van der Waals surface area contributed by atoms with Crippen LogP contribution in [0.3, 0.4) is 0 Å². The lowest BCUT2D eigenvalue weighted by atomic mass is 9.82. The van der Waals surface area contributed by atoms with E-state index in [1.54, 1.807) is 0 Å². The van der Waals surface area contributed by atoms with E-state index in [1.165, 1.54) is 132 Å². The number of hydrogen-bond acceptors (Lipinski definition) is 9. The Morgan fingerprint density at radius 1 is 0.167 bits per heavy atom. The quantitative estimate of drug-likeness (QED) is 0.117. The van der Waals surface area contributed by atoms with Crippen molar-refractivity contribution in [3.05, 3.63) is 470 Å². The molecule has 0 fully saturated rings. The zero-order valence-corrected chi connectivity index (χ0v) is 76.9. The van der Waals surface area contributed by atoms with E-state index in [0.29, 0.717) is 52.4 Å². The van der Waals surface area contributed by atoms with Crippen LogP contribution in [0.1, 0.15) is 74.9 Å². The highest BCUT2D eigenvalue weighted by atomic mass is 15.1. The van der Waals surface area contributed by atoms with Gasteiger partial charge in [-0.15, -0.1) is 0 Å². The van der Waals surface area contributed by atoms with E-state index >= 15 is 0 Å². The van der Waals surface area contributed by atoms with Crippen LogP contribution in [0.2, 0.25) is 0 Å². The third-order valence-corrected chi connectivity index (χ3v) is 28.4. The second-order valence-electron chi connectivity index (χ2n) is 37.5. The van der Waals surface area contributed by atoms with Crippen LogP contribution < -0.4 is 0 Å². The van der Waals surface area contributed by atoms with E-state index in [1.807, 2.05) is 182 Å². The standard InChI is InChI=1S/3C42H30N4/c1-42(2)34-19-11-9-18-33(34)37-35(42)26-25-32-31-17-10-12-20-36(31)46(38(32)37)30-23-21-29(22-24-30)41-44-39(27-13-5-3-6-14-27)43-40(45-41)28-15-7-4-8-16-28;1-42(2)35-19-11-9-17-31(35)33-25-34-32-18-10-12-20-37(32)46(38(34)26-36(33)42)30-23-21-29(22-24-30)41-44-39(27-13-5-3-6-14-27)43-40(45-41)28-15-7-4-8-16-28;1-42(2)33-19-11-9-17-31(33)37-34(42)25-26-36-38(37)32-18-10-12-20-35(32)46(36)30-23-21-29(22-24-30)41-44-39(27-13-5-3-6-14-27)43-40(45-41)28-15-7-4-8-16-28/h3*3-26H,1-2H3. The van der Waals surface area contributed by atoms with Crippen molar-refractivity contribution in [3.63, 3.8) is 0 Å². The number of nitrogens with zero attached hydrogens (tertiary/aromatic N) is 12. The molecule has 3 aliphatic carbocycles. The summed E-state index contributed by atoms with van der Waals surface area (Å²) in [7, 11) is 0. The van der Waals surface area contributed by atoms with Crippen molar-refractivity contribution in [1.82, 2.24) is 58.6 Å².